The summed E-state index contributed by atoms with van der Waals surface area (Å²) in [6.45, 7) is 5.01. The van der Waals surface area contributed by atoms with Crippen molar-refractivity contribution in [3.63, 3.8) is 0 Å². The van der Waals surface area contributed by atoms with E-state index >= 15 is 0 Å². The van der Waals surface area contributed by atoms with Gasteiger partial charge < -0.3 is 75.4 Å². The second-order valence-corrected chi connectivity index (χ2v) is 28.3. The number of hydrogen-bond donors (Lipinski definition) is 12. The van der Waals surface area contributed by atoms with Crippen LogP contribution in [0, 0.1) is 0 Å². The molecule has 0 radical (unpaired) electrons. The number of hydrogen-bond acceptors (Lipinski definition) is 21. The predicted molar refractivity (Wildman–Crippen MR) is 384 cm³/mol. The molecule has 2 amide bonds. The number of rotatable bonds is 64. The molecule has 0 aliphatic carbocycles. The zero-order valence-corrected chi connectivity index (χ0v) is 61.2. The van der Waals surface area contributed by atoms with Crippen LogP contribution in [0.1, 0.15) is 262 Å². The van der Waals surface area contributed by atoms with Crippen molar-refractivity contribution in [2.24, 2.45) is 0 Å². The number of phosphoric ester groups is 1. The maximum Gasteiger partial charge on any atom is 0.376 e. The van der Waals surface area contributed by atoms with Gasteiger partial charge in [-0.2, -0.15) is 13.9 Å². The maximum absolute atomic E-state index is 12.9. The van der Waals surface area contributed by atoms with Crippen molar-refractivity contribution < 1.29 is 82.8 Å². The Morgan fingerprint density at radius 3 is 1.90 bits per heavy atom. The van der Waals surface area contributed by atoms with Gasteiger partial charge in [0.2, 0.25) is 11.8 Å². The number of aliphatic hydroxyl groups excluding tert-OH is 5. The third-order valence-corrected chi connectivity index (χ3v) is 18.9. The number of benzene rings is 2. The van der Waals surface area contributed by atoms with Gasteiger partial charge in [0.15, 0.2) is 12.6 Å². The molecule has 3 aromatic rings. The minimum atomic E-state index is -4.63. The number of ether oxygens (including phenoxy) is 4. The quantitative estimate of drug-likeness (QED) is 0.0142. The number of amides is 2. The van der Waals surface area contributed by atoms with E-state index in [9.17, 15) is 54.8 Å². The summed E-state index contributed by atoms with van der Waals surface area (Å²) < 4.78 is 32.6. The fourth-order valence-corrected chi connectivity index (χ4v) is 12.9. The molecule has 12 N–H and O–H groups in total. The summed E-state index contributed by atoms with van der Waals surface area (Å²) in [5, 5.41) is 75.7. The minimum absolute atomic E-state index is 0.0564. The van der Waals surface area contributed by atoms with Crippen LogP contribution >= 0.6 is 8.17 Å². The summed E-state index contributed by atoms with van der Waals surface area (Å²) in [5.74, 6) is -1.05. The molecule has 568 valence electrons. The number of carbonyl (C=O) groups is 3. The van der Waals surface area contributed by atoms with E-state index in [1.54, 1.807) is 18.0 Å². The highest BCUT2D eigenvalue weighted by molar-refractivity contribution is 7.52. The van der Waals surface area contributed by atoms with Crippen LogP contribution in [0.15, 0.2) is 42.5 Å². The fourth-order valence-electron chi connectivity index (χ4n) is 12.1. The molecule has 99 heavy (non-hydrogen) atoms. The molecular formula is C73H129N8O17P. The van der Waals surface area contributed by atoms with Crippen LogP contribution in [0.2, 0.25) is 0 Å². The van der Waals surface area contributed by atoms with Crippen LogP contribution in [-0.4, -0.2) is 183 Å². The van der Waals surface area contributed by atoms with Crippen LogP contribution in [0.4, 0.5) is 5.69 Å². The summed E-state index contributed by atoms with van der Waals surface area (Å²) in [7, 11) is -2.83. The van der Waals surface area contributed by atoms with Crippen LogP contribution in [0.5, 0.6) is 0 Å². The van der Waals surface area contributed by atoms with E-state index in [2.05, 4.69) is 45.1 Å². The SMILES string of the molecule is CCCCCCCCCCCCCCC[C@@H](O)O[C@H](CO[C@@H](O)CCCCCCCCCCCCCCC)CO[P+]([O-])(O)OCCNC(=O)CC[C@@H](O)NCCOCOCC(=O)NCCCCCCN1Cc2cc([C@H](O)N(C)Cc3nc4ccccc4[nH]3)ccc2N[C@@H](CC(=O)O)[C@@H]1O. The number of unbranched alkanes of at least 4 members (excludes halogenated alkanes) is 27. The molecule has 1 unspecified atom stereocenters. The summed E-state index contributed by atoms with van der Waals surface area (Å²) in [6.07, 6.45) is 28.6. The number of phosphoric acid groups is 1. The first-order valence-corrected chi connectivity index (χ1v) is 39.2. The van der Waals surface area contributed by atoms with Gasteiger partial charge >= 0.3 is 14.1 Å². The van der Waals surface area contributed by atoms with E-state index in [0.29, 0.717) is 68.9 Å². The standard InChI is InChI=1S/C73H129N8O17P/c1-4-6-8-10-12-14-16-18-20-22-24-26-30-38-70(87)95-54-60(98-71(88)39-31-27-25-23-21-19-17-15-13-11-9-7-5-2)55-97-99(91,92)96-49-46-76-67(83)43-42-66(82)75-45-48-93-57-94-56-68(84)74-44-34-28-29-35-47-81-52-59-50-58(40-41-61(59)77-64(73(81)90)51-69(85)86)72(89)80(3)53-65-78-62-36-32-33-37-63(62)79-65/h32-33,36-37,40-41,50,60,64,66,70-73,75,77,82,87-90H,4-31,34-35,38-39,42-49,51-57H2,1-3H3,(H,74,84)(H,76,83)(H,78,79)(H,85,86)(H,91,92)/t60-,64+,66-,70-,71+,72+,73+/m1/s1. The highest BCUT2D eigenvalue weighted by atomic mass is 31.2. The lowest BCUT2D eigenvalue weighted by molar-refractivity contribution is -0.250. The summed E-state index contributed by atoms with van der Waals surface area (Å²) in [5.41, 5.74) is 3.92. The molecule has 25 nitrogen and oxygen atoms in total. The van der Waals surface area contributed by atoms with Gasteiger partial charge in [-0.1, -0.05) is 199 Å². The number of H-pyrrole nitrogens is 1. The van der Waals surface area contributed by atoms with Gasteiger partial charge in [-0.3, -0.25) is 29.5 Å². The van der Waals surface area contributed by atoms with E-state index in [-0.39, 0.29) is 71.5 Å². The normalized spacial score (nSPS) is 16.4. The van der Waals surface area contributed by atoms with E-state index < -0.39 is 70.1 Å². The molecule has 2 aromatic carbocycles. The van der Waals surface area contributed by atoms with Gasteiger partial charge in [0.25, 0.3) is 0 Å². The maximum atomic E-state index is 12.9. The third-order valence-electron chi connectivity index (χ3n) is 17.9. The van der Waals surface area contributed by atoms with Gasteiger partial charge in [0.1, 0.15) is 57.2 Å². The lowest BCUT2D eigenvalue weighted by Crippen LogP contribution is -2.46. The molecule has 8 atom stereocenters. The Kier molecular flexibility index (Phi) is 48.1. The highest BCUT2D eigenvalue weighted by Gasteiger charge is 2.33. The molecule has 26 heteroatoms. The van der Waals surface area contributed by atoms with Crippen molar-refractivity contribution in [1.82, 2.24) is 35.7 Å². The van der Waals surface area contributed by atoms with Crippen molar-refractivity contribution in [3.05, 3.63) is 59.4 Å². The number of nitrogens with one attached hydrogen (secondary N) is 5. The van der Waals surface area contributed by atoms with E-state index in [1.807, 2.05) is 41.3 Å². The number of para-hydroxylation sites is 2. The summed E-state index contributed by atoms with van der Waals surface area (Å²) >= 11 is 0. The lowest BCUT2D eigenvalue weighted by atomic mass is 10.0. The van der Waals surface area contributed by atoms with Gasteiger partial charge in [-0.05, 0) is 87.4 Å². The summed E-state index contributed by atoms with van der Waals surface area (Å²) in [4.78, 5) is 71.7. The van der Waals surface area contributed by atoms with E-state index in [4.69, 9.17) is 28.0 Å². The van der Waals surface area contributed by atoms with E-state index in [1.165, 1.54) is 122 Å². The second kappa shape index (κ2) is 54.5. The number of carboxylic acids is 1. The van der Waals surface area contributed by atoms with Crippen LogP contribution in [-0.2, 0) is 55.5 Å². The predicted octanol–water partition coefficient (Wildman–Crippen LogP) is 10.6. The third kappa shape index (κ3) is 41.7. The van der Waals surface area contributed by atoms with Gasteiger partial charge in [0, 0.05) is 44.8 Å². The number of carbonyl (C=O) groups excluding carboxylic acids is 2. The number of aromatic amines is 1. The Morgan fingerprint density at radius 1 is 0.687 bits per heavy atom. The molecule has 0 bridgehead atoms. The topological polar surface area (TPSA) is 355 Å². The largest absolute Gasteiger partial charge is 0.606 e. The zero-order valence-electron chi connectivity index (χ0n) is 60.3. The van der Waals surface area contributed by atoms with Crippen molar-refractivity contribution in [2.75, 3.05) is 78.4 Å². The number of anilines is 1. The molecule has 4 rings (SSSR count). The Labute approximate surface area is 591 Å². The van der Waals surface area contributed by atoms with Crippen LogP contribution in [0.3, 0.4) is 0 Å². The Balaban J connectivity index is 1.02. The van der Waals surface area contributed by atoms with Crippen molar-refractivity contribution in [3.8, 4) is 0 Å². The molecule has 1 aliphatic rings. The Hall–Kier alpha value is -4.09. The molecular weight excluding hydrogens is 1290 g/mol. The first kappa shape index (κ1) is 87.3. The number of carboxylic acid groups (broad SMARTS) is 1. The number of aliphatic carboxylic acids is 1. The molecule has 0 fully saturated rings. The van der Waals surface area contributed by atoms with Gasteiger partial charge in [0.05, 0.1) is 43.3 Å². The minimum Gasteiger partial charge on any atom is -0.606 e. The van der Waals surface area contributed by atoms with Crippen molar-refractivity contribution in [2.45, 2.75) is 295 Å². The zero-order chi connectivity index (χ0) is 71.6. The summed E-state index contributed by atoms with van der Waals surface area (Å²) in [6, 6.07) is 12.5. The first-order valence-electron chi connectivity index (χ1n) is 37.7. The molecule has 0 spiro atoms. The van der Waals surface area contributed by atoms with Crippen molar-refractivity contribution >= 4 is 42.7 Å². The molecule has 2 heterocycles. The van der Waals surface area contributed by atoms with Crippen LogP contribution in [0.25, 0.3) is 11.0 Å². The van der Waals surface area contributed by atoms with E-state index in [0.717, 1.165) is 74.4 Å². The smallest absolute Gasteiger partial charge is 0.376 e. The number of aliphatic hydroxyl groups is 5. The van der Waals surface area contributed by atoms with Crippen LogP contribution < -0.4 is 26.2 Å². The molecule has 0 saturated carbocycles. The van der Waals surface area contributed by atoms with Crippen molar-refractivity contribution in [1.29, 1.82) is 0 Å². The fraction of sp³-hybridized carbons (Fsp3) is 0.781. The molecule has 1 aliphatic heterocycles. The Morgan fingerprint density at radius 2 is 1.27 bits per heavy atom. The average Bonchev–Trinajstić information content (AvgIpc) is 1.76. The average molecular weight is 1420 g/mol. The highest BCUT2D eigenvalue weighted by Crippen LogP contribution is 2.47. The molecule has 1 aromatic heterocycles. The monoisotopic (exact) mass is 1420 g/mol. The number of fused-ring (bicyclic) bond motifs is 2. The van der Waals surface area contributed by atoms with Gasteiger partial charge in [-0.25, -0.2) is 4.98 Å². The van der Waals surface area contributed by atoms with Gasteiger partial charge in [-0.15, -0.1) is 0 Å². The number of aromatic nitrogens is 2. The number of imidazole rings is 1. The Bertz CT molecular complexity index is 2510. The first-order chi connectivity index (χ1) is 48.0. The number of nitrogens with zero attached hydrogens (tertiary/aromatic N) is 3. The second-order valence-electron chi connectivity index (χ2n) is 26.8. The molecule has 0 saturated heterocycles. The lowest BCUT2D eigenvalue weighted by Gasteiger charge is -2.30.